The molecule has 0 aliphatic carbocycles. The molecule has 4 rings (SSSR count). The Labute approximate surface area is 174 Å². The van der Waals surface area contributed by atoms with E-state index < -0.39 is 34.4 Å². The molecule has 0 bridgehead atoms. The fourth-order valence-electron chi connectivity index (χ4n) is 3.86. The summed E-state index contributed by atoms with van der Waals surface area (Å²) in [5, 5.41) is 9.06. The number of carbonyl (C=O) groups is 1. The second-order valence-electron chi connectivity index (χ2n) is 7.66. The van der Waals surface area contributed by atoms with Crippen LogP contribution in [0.3, 0.4) is 0 Å². The van der Waals surface area contributed by atoms with E-state index in [1.54, 1.807) is 4.90 Å². The lowest BCUT2D eigenvalue weighted by Crippen LogP contribution is -2.30. The van der Waals surface area contributed by atoms with Crippen LogP contribution in [0.1, 0.15) is 23.7 Å². The Bertz CT molecular complexity index is 1260. The molecule has 1 aliphatic rings. The molecule has 2 aromatic heterocycles. The highest BCUT2D eigenvalue weighted by Crippen LogP contribution is 2.29. The third-order valence-corrected chi connectivity index (χ3v) is 5.58. The first kappa shape index (κ1) is 20.9. The molecule has 3 N–H and O–H groups in total. The van der Waals surface area contributed by atoms with Crippen molar-refractivity contribution in [1.29, 1.82) is 0 Å². The monoisotopic (exact) mass is 432 g/mol. The molecule has 3 aromatic rings. The Hall–Kier alpha value is -3.40. The fourth-order valence-corrected chi connectivity index (χ4v) is 3.86. The van der Waals surface area contributed by atoms with Gasteiger partial charge in [0.1, 0.15) is 17.2 Å². The number of carboxylic acid groups (broad SMARTS) is 1. The van der Waals surface area contributed by atoms with Crippen LogP contribution in [0.4, 0.5) is 19.0 Å². The summed E-state index contributed by atoms with van der Waals surface area (Å²) in [5.74, 6) is -4.11. The normalized spacial score (nSPS) is 17.3. The SMILES string of the molecule is C[C@@H](N)[C@@H]1CCN(c2nc3c(cc2F)c(=O)c(C(=O)O)cn3-c2ccc(F)cc2F)C1. The van der Waals surface area contributed by atoms with Gasteiger partial charge in [-0.25, -0.2) is 22.9 Å². The Kier molecular flexibility index (Phi) is 5.18. The van der Waals surface area contributed by atoms with Crippen molar-refractivity contribution in [3.8, 4) is 5.69 Å². The van der Waals surface area contributed by atoms with Crippen molar-refractivity contribution in [3.05, 3.63) is 63.7 Å². The van der Waals surface area contributed by atoms with Crippen LogP contribution in [-0.4, -0.2) is 39.8 Å². The summed E-state index contributed by atoms with van der Waals surface area (Å²) in [4.78, 5) is 30.1. The number of anilines is 1. The fraction of sp³-hybridized carbons (Fsp3) is 0.286. The predicted octanol–water partition coefficient (Wildman–Crippen LogP) is 2.67. The van der Waals surface area contributed by atoms with Crippen LogP contribution in [0.2, 0.25) is 0 Å². The molecular weight excluding hydrogens is 413 g/mol. The van der Waals surface area contributed by atoms with Gasteiger partial charge in [-0.2, -0.15) is 0 Å². The lowest BCUT2D eigenvalue weighted by atomic mass is 10.0. The van der Waals surface area contributed by atoms with Gasteiger partial charge in [-0.05, 0) is 37.5 Å². The van der Waals surface area contributed by atoms with Crippen LogP contribution in [0.5, 0.6) is 0 Å². The lowest BCUT2D eigenvalue weighted by molar-refractivity contribution is 0.0695. The molecule has 1 aliphatic heterocycles. The summed E-state index contributed by atoms with van der Waals surface area (Å²) >= 11 is 0. The highest BCUT2D eigenvalue weighted by molar-refractivity contribution is 5.92. The third kappa shape index (κ3) is 3.63. The maximum absolute atomic E-state index is 14.9. The van der Waals surface area contributed by atoms with E-state index in [1.165, 1.54) is 0 Å². The summed E-state index contributed by atoms with van der Waals surface area (Å²) < 4.78 is 43.9. The summed E-state index contributed by atoms with van der Waals surface area (Å²) in [7, 11) is 0. The van der Waals surface area contributed by atoms with E-state index in [0.29, 0.717) is 19.2 Å². The van der Waals surface area contributed by atoms with Gasteiger partial charge in [-0.15, -0.1) is 0 Å². The van der Waals surface area contributed by atoms with E-state index in [0.717, 1.165) is 35.4 Å². The molecule has 0 radical (unpaired) electrons. The first-order valence-electron chi connectivity index (χ1n) is 9.62. The van der Waals surface area contributed by atoms with Crippen molar-refractivity contribution in [1.82, 2.24) is 9.55 Å². The molecule has 1 fully saturated rings. The molecule has 0 saturated carbocycles. The van der Waals surface area contributed by atoms with E-state index >= 15 is 0 Å². The van der Waals surface area contributed by atoms with Gasteiger partial charge in [-0.3, -0.25) is 9.36 Å². The Morgan fingerprint density at radius 3 is 2.61 bits per heavy atom. The minimum absolute atomic E-state index is 0.0469. The number of hydrogen-bond donors (Lipinski definition) is 2. The van der Waals surface area contributed by atoms with Gasteiger partial charge in [0.2, 0.25) is 5.43 Å². The number of aromatic carboxylic acids is 1. The molecule has 3 heterocycles. The van der Waals surface area contributed by atoms with Gasteiger partial charge in [0.05, 0.1) is 11.1 Å². The zero-order valence-electron chi connectivity index (χ0n) is 16.5. The van der Waals surface area contributed by atoms with Crippen molar-refractivity contribution >= 4 is 22.8 Å². The lowest BCUT2D eigenvalue weighted by Gasteiger charge is -2.21. The average molecular weight is 432 g/mol. The van der Waals surface area contributed by atoms with Crippen LogP contribution in [0.25, 0.3) is 16.7 Å². The highest BCUT2D eigenvalue weighted by atomic mass is 19.1. The minimum Gasteiger partial charge on any atom is -0.477 e. The first-order valence-corrected chi connectivity index (χ1v) is 9.62. The van der Waals surface area contributed by atoms with Crippen LogP contribution in [0, 0.1) is 23.4 Å². The maximum atomic E-state index is 14.9. The summed E-state index contributed by atoms with van der Waals surface area (Å²) in [6, 6.07) is 3.51. The topological polar surface area (TPSA) is 101 Å². The van der Waals surface area contributed by atoms with E-state index in [1.807, 2.05) is 6.92 Å². The van der Waals surface area contributed by atoms with Gasteiger partial charge in [0, 0.05) is 31.4 Å². The van der Waals surface area contributed by atoms with Gasteiger partial charge in [-0.1, -0.05) is 0 Å². The number of nitrogens with two attached hydrogens (primary N) is 1. The zero-order chi connectivity index (χ0) is 22.4. The van der Waals surface area contributed by atoms with E-state index in [-0.39, 0.29) is 34.5 Å². The maximum Gasteiger partial charge on any atom is 0.341 e. The van der Waals surface area contributed by atoms with Crippen molar-refractivity contribution in [3.63, 3.8) is 0 Å². The molecule has 10 heteroatoms. The van der Waals surface area contributed by atoms with Gasteiger partial charge >= 0.3 is 5.97 Å². The third-order valence-electron chi connectivity index (χ3n) is 5.58. The summed E-state index contributed by atoms with van der Waals surface area (Å²) in [6.07, 6.45) is 1.64. The first-order chi connectivity index (χ1) is 14.7. The quantitative estimate of drug-likeness (QED) is 0.658. The molecule has 1 aromatic carbocycles. The number of hydrogen-bond acceptors (Lipinski definition) is 5. The van der Waals surface area contributed by atoms with Crippen LogP contribution >= 0.6 is 0 Å². The van der Waals surface area contributed by atoms with Crippen molar-refractivity contribution in [2.24, 2.45) is 11.7 Å². The second-order valence-corrected chi connectivity index (χ2v) is 7.66. The number of carboxylic acids is 1. The van der Waals surface area contributed by atoms with Crippen LogP contribution < -0.4 is 16.1 Å². The molecule has 0 amide bonds. The van der Waals surface area contributed by atoms with E-state index in [4.69, 9.17) is 5.73 Å². The number of benzene rings is 1. The minimum atomic E-state index is -1.56. The molecule has 31 heavy (non-hydrogen) atoms. The van der Waals surface area contributed by atoms with Gasteiger partial charge in [0.15, 0.2) is 17.3 Å². The number of rotatable bonds is 4. The number of fused-ring (bicyclic) bond motifs is 1. The Balaban J connectivity index is 1.98. The van der Waals surface area contributed by atoms with Crippen molar-refractivity contribution in [2.45, 2.75) is 19.4 Å². The zero-order valence-corrected chi connectivity index (χ0v) is 16.5. The largest absolute Gasteiger partial charge is 0.477 e. The number of nitrogens with zero attached hydrogens (tertiary/aromatic N) is 3. The number of halogens is 3. The molecule has 1 saturated heterocycles. The predicted molar refractivity (Wildman–Crippen MR) is 108 cm³/mol. The smallest absolute Gasteiger partial charge is 0.341 e. The standard InChI is InChI=1S/C21H19F3N4O3/c1-10(25)11-4-5-27(8-11)20-16(24)7-13-18(29)14(21(30)31)9-28(19(13)26-20)17-3-2-12(22)6-15(17)23/h2-3,6-7,9-11H,4-5,8,25H2,1H3,(H,30,31)/t10-,11-/m1/s1. The number of pyridine rings is 2. The van der Waals surface area contributed by atoms with Crippen LogP contribution in [0.15, 0.2) is 35.3 Å². The van der Waals surface area contributed by atoms with Gasteiger partial charge < -0.3 is 15.7 Å². The van der Waals surface area contributed by atoms with Crippen molar-refractivity contribution < 1.29 is 23.1 Å². The second kappa shape index (κ2) is 7.69. The number of aromatic nitrogens is 2. The van der Waals surface area contributed by atoms with Crippen molar-refractivity contribution in [2.75, 3.05) is 18.0 Å². The van der Waals surface area contributed by atoms with Crippen LogP contribution in [-0.2, 0) is 0 Å². The van der Waals surface area contributed by atoms with Gasteiger partial charge in [0.25, 0.3) is 0 Å². The average Bonchev–Trinajstić information content (AvgIpc) is 3.19. The Morgan fingerprint density at radius 1 is 1.26 bits per heavy atom. The molecular formula is C21H19F3N4O3. The summed E-state index contributed by atoms with van der Waals surface area (Å²) in [5.41, 5.74) is 3.94. The van der Waals surface area contributed by atoms with E-state index in [9.17, 15) is 27.9 Å². The molecule has 0 spiro atoms. The van der Waals surface area contributed by atoms with E-state index in [2.05, 4.69) is 4.98 Å². The highest BCUT2D eigenvalue weighted by Gasteiger charge is 2.29. The molecule has 7 nitrogen and oxygen atoms in total. The summed E-state index contributed by atoms with van der Waals surface area (Å²) in [6.45, 7) is 2.81. The molecule has 162 valence electrons. The molecule has 0 unspecified atom stereocenters. The Morgan fingerprint density at radius 2 is 2.00 bits per heavy atom. The molecule has 2 atom stereocenters.